The fraction of sp³-hybridized carbons (Fsp3) is 0.533. The molecule has 1 aromatic rings. The molecule has 4 nitrogen and oxygen atoms in total. The van der Waals surface area contributed by atoms with Gasteiger partial charge in [0.2, 0.25) is 5.91 Å². The van der Waals surface area contributed by atoms with E-state index < -0.39 is 0 Å². The molecule has 0 radical (unpaired) electrons. The summed E-state index contributed by atoms with van der Waals surface area (Å²) >= 11 is 6.18. The summed E-state index contributed by atoms with van der Waals surface area (Å²) in [7, 11) is 0. The van der Waals surface area contributed by atoms with Crippen LogP contribution in [-0.4, -0.2) is 19.0 Å². The van der Waals surface area contributed by atoms with E-state index in [-0.39, 0.29) is 11.8 Å². The number of nitrogens with two attached hydrogens (primary N) is 1. The summed E-state index contributed by atoms with van der Waals surface area (Å²) in [5.41, 5.74) is 8.34. The van der Waals surface area contributed by atoms with Crippen molar-refractivity contribution in [3.8, 4) is 0 Å². The largest absolute Gasteiger partial charge is 0.397 e. The number of benzene rings is 1. The lowest BCUT2D eigenvalue weighted by atomic mass is 10.1. The third-order valence-corrected chi connectivity index (χ3v) is 3.91. The van der Waals surface area contributed by atoms with Crippen LogP contribution in [0, 0.1) is 5.92 Å². The molecule has 0 aromatic heterocycles. The topological polar surface area (TPSA) is 58.4 Å². The molecule has 1 saturated heterocycles. The molecule has 1 aromatic carbocycles. The first-order valence-electron chi connectivity index (χ1n) is 7.14. The molecule has 0 spiro atoms. The predicted octanol–water partition coefficient (Wildman–Crippen LogP) is 3.51. The SMILES string of the molecule is CC(C)C(=O)Nc1cc(N2CCCCC2)c(N)cc1Cl. The Bertz CT molecular complexity index is 496. The molecule has 0 aliphatic carbocycles. The Kier molecular flexibility index (Phi) is 4.76. The Labute approximate surface area is 125 Å². The van der Waals surface area contributed by atoms with E-state index in [1.54, 1.807) is 6.07 Å². The van der Waals surface area contributed by atoms with Gasteiger partial charge >= 0.3 is 0 Å². The molecule has 0 atom stereocenters. The molecule has 20 heavy (non-hydrogen) atoms. The average molecular weight is 296 g/mol. The van der Waals surface area contributed by atoms with Crippen molar-refractivity contribution in [3.63, 3.8) is 0 Å². The fourth-order valence-electron chi connectivity index (χ4n) is 2.36. The van der Waals surface area contributed by atoms with Crippen LogP contribution in [0.4, 0.5) is 17.1 Å². The van der Waals surface area contributed by atoms with Gasteiger partial charge in [0, 0.05) is 19.0 Å². The zero-order chi connectivity index (χ0) is 14.7. The van der Waals surface area contributed by atoms with Gasteiger partial charge in [0.1, 0.15) is 0 Å². The second kappa shape index (κ2) is 6.35. The molecular weight excluding hydrogens is 274 g/mol. The molecule has 2 rings (SSSR count). The van der Waals surface area contributed by atoms with Gasteiger partial charge in [-0.15, -0.1) is 0 Å². The normalized spacial score (nSPS) is 15.5. The van der Waals surface area contributed by atoms with Crippen molar-refractivity contribution in [2.75, 3.05) is 29.0 Å². The standard InChI is InChI=1S/C15H22ClN3O/c1-10(2)15(20)18-13-9-14(12(17)8-11(13)16)19-6-4-3-5-7-19/h8-10H,3-7,17H2,1-2H3,(H,18,20). The lowest BCUT2D eigenvalue weighted by molar-refractivity contribution is -0.118. The van der Waals surface area contributed by atoms with Crippen LogP contribution in [0.15, 0.2) is 12.1 Å². The lowest BCUT2D eigenvalue weighted by Gasteiger charge is -2.30. The third kappa shape index (κ3) is 3.37. The minimum Gasteiger partial charge on any atom is -0.397 e. The summed E-state index contributed by atoms with van der Waals surface area (Å²) in [5.74, 6) is -0.122. The molecule has 0 saturated carbocycles. The number of nitrogens with zero attached hydrogens (tertiary/aromatic N) is 1. The van der Waals surface area contributed by atoms with Gasteiger partial charge in [-0.1, -0.05) is 25.4 Å². The quantitative estimate of drug-likeness (QED) is 0.839. The van der Waals surface area contributed by atoms with Crippen molar-refractivity contribution in [2.24, 2.45) is 5.92 Å². The smallest absolute Gasteiger partial charge is 0.226 e. The van der Waals surface area contributed by atoms with E-state index in [0.29, 0.717) is 16.4 Å². The number of rotatable bonds is 3. The molecule has 0 bridgehead atoms. The predicted molar refractivity (Wildman–Crippen MR) is 85.4 cm³/mol. The molecular formula is C15H22ClN3O. The number of carbonyl (C=O) groups is 1. The Morgan fingerprint density at radius 1 is 1.30 bits per heavy atom. The molecule has 0 unspecified atom stereocenters. The van der Waals surface area contributed by atoms with E-state index in [4.69, 9.17) is 17.3 Å². The molecule has 1 fully saturated rings. The Balaban J connectivity index is 2.26. The van der Waals surface area contributed by atoms with Crippen LogP contribution in [-0.2, 0) is 4.79 Å². The summed E-state index contributed by atoms with van der Waals surface area (Å²) in [6.45, 7) is 5.71. The summed E-state index contributed by atoms with van der Waals surface area (Å²) in [5, 5.41) is 3.35. The number of piperidine rings is 1. The number of amides is 1. The Morgan fingerprint density at radius 3 is 2.55 bits per heavy atom. The summed E-state index contributed by atoms with van der Waals surface area (Å²) in [4.78, 5) is 14.1. The first-order chi connectivity index (χ1) is 9.49. The van der Waals surface area contributed by atoms with Crippen LogP contribution in [0.25, 0.3) is 0 Å². The first-order valence-corrected chi connectivity index (χ1v) is 7.51. The van der Waals surface area contributed by atoms with Gasteiger partial charge in [-0.2, -0.15) is 0 Å². The van der Waals surface area contributed by atoms with E-state index in [1.807, 2.05) is 19.9 Å². The molecule has 1 aliphatic rings. The zero-order valence-corrected chi connectivity index (χ0v) is 12.8. The maximum atomic E-state index is 11.8. The number of carbonyl (C=O) groups excluding carboxylic acids is 1. The lowest BCUT2D eigenvalue weighted by Crippen LogP contribution is -2.30. The molecule has 110 valence electrons. The van der Waals surface area contributed by atoms with Crippen LogP contribution in [0.3, 0.4) is 0 Å². The van der Waals surface area contributed by atoms with Crippen LogP contribution >= 0.6 is 11.6 Å². The third-order valence-electron chi connectivity index (χ3n) is 3.60. The zero-order valence-electron chi connectivity index (χ0n) is 12.1. The molecule has 5 heteroatoms. The maximum absolute atomic E-state index is 11.8. The van der Waals surface area contributed by atoms with Gasteiger partial charge in [0.15, 0.2) is 0 Å². The van der Waals surface area contributed by atoms with E-state index in [2.05, 4.69) is 10.2 Å². The van der Waals surface area contributed by atoms with Crippen molar-refractivity contribution in [1.29, 1.82) is 0 Å². The summed E-state index contributed by atoms with van der Waals surface area (Å²) < 4.78 is 0. The molecule has 1 heterocycles. The van der Waals surface area contributed by atoms with E-state index in [1.165, 1.54) is 19.3 Å². The van der Waals surface area contributed by atoms with Crippen LogP contribution in [0.5, 0.6) is 0 Å². The van der Waals surface area contributed by atoms with Crippen molar-refractivity contribution in [3.05, 3.63) is 17.2 Å². The van der Waals surface area contributed by atoms with Crippen molar-refractivity contribution < 1.29 is 4.79 Å². The highest BCUT2D eigenvalue weighted by atomic mass is 35.5. The monoisotopic (exact) mass is 295 g/mol. The summed E-state index contributed by atoms with van der Waals surface area (Å²) in [6.07, 6.45) is 3.62. The Morgan fingerprint density at radius 2 is 1.95 bits per heavy atom. The van der Waals surface area contributed by atoms with Gasteiger partial charge in [0.05, 0.1) is 22.1 Å². The van der Waals surface area contributed by atoms with Crippen molar-refractivity contribution in [2.45, 2.75) is 33.1 Å². The highest BCUT2D eigenvalue weighted by Gasteiger charge is 2.17. The van der Waals surface area contributed by atoms with Crippen LogP contribution in [0.1, 0.15) is 33.1 Å². The fourth-order valence-corrected chi connectivity index (χ4v) is 2.58. The summed E-state index contributed by atoms with van der Waals surface area (Å²) in [6, 6.07) is 3.62. The van der Waals surface area contributed by atoms with Gasteiger partial charge in [-0.3, -0.25) is 4.79 Å². The van der Waals surface area contributed by atoms with Gasteiger partial charge in [-0.25, -0.2) is 0 Å². The maximum Gasteiger partial charge on any atom is 0.226 e. The highest BCUT2D eigenvalue weighted by Crippen LogP contribution is 2.34. The number of anilines is 3. The van der Waals surface area contributed by atoms with E-state index in [9.17, 15) is 4.79 Å². The molecule has 1 amide bonds. The Hall–Kier alpha value is -1.42. The minimum absolute atomic E-state index is 0.0405. The van der Waals surface area contributed by atoms with Gasteiger partial charge < -0.3 is 16.0 Å². The van der Waals surface area contributed by atoms with E-state index >= 15 is 0 Å². The number of hydrogen-bond donors (Lipinski definition) is 2. The average Bonchev–Trinajstić information content (AvgIpc) is 2.42. The number of halogens is 1. The van der Waals surface area contributed by atoms with Crippen LogP contribution < -0.4 is 16.0 Å². The van der Waals surface area contributed by atoms with Crippen LogP contribution in [0.2, 0.25) is 5.02 Å². The van der Waals surface area contributed by atoms with E-state index in [0.717, 1.165) is 18.8 Å². The van der Waals surface area contributed by atoms with Gasteiger partial charge in [0.25, 0.3) is 0 Å². The van der Waals surface area contributed by atoms with Crippen molar-refractivity contribution >= 4 is 34.6 Å². The number of nitrogens with one attached hydrogen (secondary N) is 1. The van der Waals surface area contributed by atoms with Gasteiger partial charge in [-0.05, 0) is 31.4 Å². The number of nitrogen functional groups attached to an aromatic ring is 1. The molecule has 1 aliphatic heterocycles. The molecule has 3 N–H and O–H groups in total. The van der Waals surface area contributed by atoms with Crippen molar-refractivity contribution in [1.82, 2.24) is 0 Å². The first kappa shape index (κ1) is 15.0. The highest BCUT2D eigenvalue weighted by molar-refractivity contribution is 6.34. The minimum atomic E-state index is -0.0814. The second-order valence-electron chi connectivity index (χ2n) is 5.58. The number of hydrogen-bond acceptors (Lipinski definition) is 3. The second-order valence-corrected chi connectivity index (χ2v) is 5.99.